The van der Waals surface area contributed by atoms with Crippen molar-refractivity contribution in [2.45, 2.75) is 31.4 Å². The molecule has 1 aromatic rings. The van der Waals surface area contributed by atoms with Crippen molar-refractivity contribution in [3.05, 3.63) is 22.5 Å². The number of hydrogen-bond donors (Lipinski definition) is 0. The Morgan fingerprint density at radius 1 is 1.41 bits per heavy atom. The second-order valence-corrected chi connectivity index (χ2v) is 4.75. The summed E-state index contributed by atoms with van der Waals surface area (Å²) in [4.78, 5) is 13.4. The smallest absolute Gasteiger partial charge is 0.266 e. The van der Waals surface area contributed by atoms with Crippen LogP contribution in [0.3, 0.4) is 0 Å². The van der Waals surface area contributed by atoms with Crippen LogP contribution in [0, 0.1) is 0 Å². The monoisotopic (exact) mass is 237 g/mol. The maximum Gasteiger partial charge on any atom is 0.266 e. The number of hydrogen-bond acceptors (Lipinski definition) is 4. The minimum atomic E-state index is -0.118. The fourth-order valence-electron chi connectivity index (χ4n) is 2.33. The molecule has 0 radical (unpaired) electrons. The van der Waals surface area contributed by atoms with Crippen molar-refractivity contribution in [1.29, 1.82) is 0 Å². The van der Waals surface area contributed by atoms with Crippen molar-refractivity contribution < 1.29 is 4.74 Å². The third-order valence-corrected chi connectivity index (χ3v) is 3.29. The largest absolute Gasteiger partial charge is 0.472 e. The minimum Gasteiger partial charge on any atom is -0.472 e. The lowest BCUT2D eigenvalue weighted by atomic mass is 10.2. The first kappa shape index (κ1) is 12.1. The zero-order valence-electron chi connectivity index (χ0n) is 10.6. The number of nitrogens with zero attached hydrogens (tertiary/aromatic N) is 3. The molecule has 2 atom stereocenters. The highest BCUT2D eigenvalue weighted by molar-refractivity contribution is 5.08. The number of rotatable bonds is 3. The molecule has 1 aliphatic carbocycles. The van der Waals surface area contributed by atoms with Gasteiger partial charge in [0, 0.05) is 25.2 Å². The van der Waals surface area contributed by atoms with Gasteiger partial charge in [0.2, 0.25) is 5.88 Å². The normalized spacial score (nSPS) is 24.2. The van der Waals surface area contributed by atoms with E-state index in [0.717, 1.165) is 12.8 Å². The Balaban J connectivity index is 2.09. The average molecular weight is 237 g/mol. The first-order valence-corrected chi connectivity index (χ1v) is 5.95. The molecule has 1 aromatic heterocycles. The standard InChI is InChI=1S/C12H19N3O2/c1-14(2)9-5-4-6-10(9)17-11-7-8-12(16)15(3)13-11/h7-10H,4-6H2,1-3H3. The van der Waals surface area contributed by atoms with Crippen molar-refractivity contribution in [3.63, 3.8) is 0 Å². The van der Waals surface area contributed by atoms with Crippen LogP contribution in [0.1, 0.15) is 19.3 Å². The van der Waals surface area contributed by atoms with E-state index >= 15 is 0 Å². The topological polar surface area (TPSA) is 47.4 Å². The Bertz CT molecular complexity index is 442. The van der Waals surface area contributed by atoms with E-state index in [0.29, 0.717) is 11.9 Å². The highest BCUT2D eigenvalue weighted by Gasteiger charge is 2.30. The molecule has 17 heavy (non-hydrogen) atoms. The molecule has 2 unspecified atom stereocenters. The molecule has 1 fully saturated rings. The SMILES string of the molecule is CN(C)C1CCCC1Oc1ccc(=O)n(C)n1. The van der Waals surface area contributed by atoms with Gasteiger partial charge < -0.3 is 9.64 Å². The molecule has 0 N–H and O–H groups in total. The summed E-state index contributed by atoms with van der Waals surface area (Å²) in [7, 11) is 5.77. The van der Waals surface area contributed by atoms with Gasteiger partial charge in [0.1, 0.15) is 6.10 Å². The summed E-state index contributed by atoms with van der Waals surface area (Å²) in [6, 6.07) is 3.57. The molecule has 0 aromatic carbocycles. The quantitative estimate of drug-likeness (QED) is 0.774. The predicted molar refractivity (Wildman–Crippen MR) is 65.2 cm³/mol. The lowest BCUT2D eigenvalue weighted by molar-refractivity contribution is 0.114. The summed E-state index contributed by atoms with van der Waals surface area (Å²) in [6.45, 7) is 0. The van der Waals surface area contributed by atoms with Crippen molar-refractivity contribution in [1.82, 2.24) is 14.7 Å². The lowest BCUT2D eigenvalue weighted by Crippen LogP contribution is -2.38. The summed E-state index contributed by atoms with van der Waals surface area (Å²) in [5, 5.41) is 4.09. The molecule has 0 bridgehead atoms. The van der Waals surface area contributed by atoms with Gasteiger partial charge in [-0.25, -0.2) is 4.68 Å². The van der Waals surface area contributed by atoms with Crippen LogP contribution in [-0.2, 0) is 7.05 Å². The zero-order valence-corrected chi connectivity index (χ0v) is 10.6. The lowest BCUT2D eigenvalue weighted by Gasteiger charge is -2.26. The van der Waals surface area contributed by atoms with Gasteiger partial charge in [-0.05, 0) is 33.4 Å². The molecule has 0 aliphatic heterocycles. The average Bonchev–Trinajstić information content (AvgIpc) is 2.72. The van der Waals surface area contributed by atoms with Gasteiger partial charge in [0.05, 0.1) is 0 Å². The molecular formula is C12H19N3O2. The first-order chi connectivity index (χ1) is 8.08. The van der Waals surface area contributed by atoms with Crippen molar-refractivity contribution >= 4 is 0 Å². The van der Waals surface area contributed by atoms with Crippen LogP contribution in [0.25, 0.3) is 0 Å². The number of likely N-dealkylation sites (N-methyl/N-ethyl adjacent to an activating group) is 1. The third-order valence-electron chi connectivity index (χ3n) is 3.29. The van der Waals surface area contributed by atoms with Crippen LogP contribution in [0.5, 0.6) is 5.88 Å². The zero-order chi connectivity index (χ0) is 12.4. The van der Waals surface area contributed by atoms with Gasteiger partial charge >= 0.3 is 0 Å². The number of aryl methyl sites for hydroxylation is 1. The fourth-order valence-corrected chi connectivity index (χ4v) is 2.33. The van der Waals surface area contributed by atoms with Crippen LogP contribution in [0.2, 0.25) is 0 Å². The van der Waals surface area contributed by atoms with Crippen LogP contribution < -0.4 is 10.3 Å². The van der Waals surface area contributed by atoms with Gasteiger partial charge in [-0.2, -0.15) is 0 Å². The Kier molecular flexibility index (Phi) is 3.47. The molecule has 2 rings (SSSR count). The number of aromatic nitrogens is 2. The van der Waals surface area contributed by atoms with E-state index in [-0.39, 0.29) is 11.7 Å². The molecule has 5 nitrogen and oxygen atoms in total. The van der Waals surface area contributed by atoms with Gasteiger partial charge in [0.15, 0.2) is 0 Å². The fraction of sp³-hybridized carbons (Fsp3) is 0.667. The van der Waals surface area contributed by atoms with Gasteiger partial charge in [-0.3, -0.25) is 4.79 Å². The first-order valence-electron chi connectivity index (χ1n) is 5.95. The minimum absolute atomic E-state index is 0.118. The second-order valence-electron chi connectivity index (χ2n) is 4.75. The molecule has 0 saturated heterocycles. The molecule has 1 saturated carbocycles. The highest BCUT2D eigenvalue weighted by Crippen LogP contribution is 2.26. The summed E-state index contributed by atoms with van der Waals surface area (Å²) in [5.74, 6) is 0.533. The van der Waals surface area contributed by atoms with E-state index in [4.69, 9.17) is 4.74 Å². The summed E-state index contributed by atoms with van der Waals surface area (Å²) in [5.41, 5.74) is -0.118. The van der Waals surface area contributed by atoms with Crippen molar-refractivity contribution in [3.8, 4) is 5.88 Å². The highest BCUT2D eigenvalue weighted by atomic mass is 16.5. The van der Waals surface area contributed by atoms with E-state index in [1.54, 1.807) is 13.1 Å². The molecule has 1 aliphatic rings. The Labute approximate surface area is 101 Å². The van der Waals surface area contributed by atoms with Crippen LogP contribution in [0.4, 0.5) is 0 Å². The van der Waals surface area contributed by atoms with Crippen molar-refractivity contribution in [2.24, 2.45) is 7.05 Å². The molecule has 94 valence electrons. The van der Waals surface area contributed by atoms with Crippen LogP contribution >= 0.6 is 0 Å². The summed E-state index contributed by atoms with van der Waals surface area (Å²) < 4.78 is 7.17. The number of ether oxygens (including phenoxy) is 1. The van der Waals surface area contributed by atoms with Crippen LogP contribution in [0.15, 0.2) is 16.9 Å². The molecule has 0 amide bonds. The molecule has 5 heteroatoms. The van der Waals surface area contributed by atoms with Gasteiger partial charge in [-0.1, -0.05) is 0 Å². The Morgan fingerprint density at radius 2 is 2.18 bits per heavy atom. The van der Waals surface area contributed by atoms with E-state index in [1.807, 2.05) is 0 Å². The second kappa shape index (κ2) is 4.87. The third kappa shape index (κ3) is 2.66. The Hall–Kier alpha value is -1.36. The Morgan fingerprint density at radius 3 is 2.82 bits per heavy atom. The van der Waals surface area contributed by atoms with E-state index in [1.165, 1.54) is 17.2 Å². The van der Waals surface area contributed by atoms with E-state index in [2.05, 4.69) is 24.1 Å². The maximum atomic E-state index is 11.2. The molecular weight excluding hydrogens is 218 g/mol. The van der Waals surface area contributed by atoms with E-state index < -0.39 is 0 Å². The maximum absolute atomic E-state index is 11.2. The molecule has 0 spiro atoms. The van der Waals surface area contributed by atoms with Gasteiger partial charge in [0.25, 0.3) is 5.56 Å². The van der Waals surface area contributed by atoms with Crippen LogP contribution in [-0.4, -0.2) is 40.9 Å². The molecule has 1 heterocycles. The van der Waals surface area contributed by atoms with Crippen molar-refractivity contribution in [2.75, 3.05) is 14.1 Å². The van der Waals surface area contributed by atoms with E-state index in [9.17, 15) is 4.79 Å². The van der Waals surface area contributed by atoms with Gasteiger partial charge in [-0.15, -0.1) is 5.10 Å². The summed E-state index contributed by atoms with van der Waals surface area (Å²) in [6.07, 6.45) is 3.56. The predicted octanol–water partition coefficient (Wildman–Crippen LogP) is 0.642. The summed E-state index contributed by atoms with van der Waals surface area (Å²) >= 11 is 0.